The number of hydrogen-bond acceptors (Lipinski definition) is 6. The van der Waals surface area contributed by atoms with E-state index < -0.39 is 0 Å². The number of piperidine rings is 1. The van der Waals surface area contributed by atoms with E-state index in [1.54, 1.807) is 46.9 Å². The first-order valence-electron chi connectivity index (χ1n) is 9.13. The Morgan fingerprint density at radius 2 is 1.93 bits per heavy atom. The summed E-state index contributed by atoms with van der Waals surface area (Å²) in [6.07, 6.45) is 5.08. The third-order valence-electron chi connectivity index (χ3n) is 5.18. The summed E-state index contributed by atoms with van der Waals surface area (Å²) >= 11 is 0. The Bertz CT molecular complexity index is 1100. The Kier molecular flexibility index (Phi) is 4.47. The van der Waals surface area contributed by atoms with E-state index in [2.05, 4.69) is 20.0 Å². The smallest absolute Gasteiger partial charge is 0.266 e. The van der Waals surface area contributed by atoms with Gasteiger partial charge in [-0.25, -0.2) is 9.67 Å². The van der Waals surface area contributed by atoms with E-state index in [-0.39, 0.29) is 11.1 Å². The normalized spacial score (nSPS) is 15.4. The molecule has 0 aromatic carbocycles. The number of hydrogen-bond donors (Lipinski definition) is 0. The van der Waals surface area contributed by atoms with E-state index in [0.717, 1.165) is 31.6 Å². The molecule has 0 atom stereocenters. The molecule has 0 radical (unpaired) electrons. The molecule has 0 unspecified atom stereocenters. The molecule has 140 valence electrons. The van der Waals surface area contributed by atoms with Gasteiger partial charge in [0.05, 0.1) is 22.8 Å². The molecule has 0 spiro atoms. The van der Waals surface area contributed by atoms with E-state index >= 15 is 0 Å². The van der Waals surface area contributed by atoms with Crippen molar-refractivity contribution in [2.75, 3.05) is 18.0 Å². The number of rotatable bonds is 3. The van der Waals surface area contributed by atoms with Crippen molar-refractivity contribution in [2.45, 2.75) is 26.3 Å². The molecule has 0 bridgehead atoms. The van der Waals surface area contributed by atoms with Crippen molar-refractivity contribution < 1.29 is 0 Å². The summed E-state index contributed by atoms with van der Waals surface area (Å²) in [5.41, 5.74) is 1.34. The molecule has 27 heavy (non-hydrogen) atoms. The van der Waals surface area contributed by atoms with Gasteiger partial charge >= 0.3 is 0 Å². The highest BCUT2D eigenvalue weighted by Gasteiger charge is 2.23. The maximum Gasteiger partial charge on any atom is 0.266 e. The van der Waals surface area contributed by atoms with Crippen LogP contribution in [-0.2, 0) is 13.6 Å². The van der Waals surface area contributed by atoms with Crippen molar-refractivity contribution in [3.63, 3.8) is 0 Å². The molecule has 0 saturated carbocycles. The molecule has 0 aliphatic carbocycles. The molecule has 1 saturated heterocycles. The molecule has 1 aliphatic heterocycles. The van der Waals surface area contributed by atoms with Gasteiger partial charge in [0.15, 0.2) is 0 Å². The number of nitrogens with zero attached hydrogens (tertiary/aromatic N) is 6. The van der Waals surface area contributed by atoms with Crippen LogP contribution in [0.1, 0.15) is 18.5 Å². The average molecular weight is 366 g/mol. The van der Waals surface area contributed by atoms with Crippen LogP contribution in [0.5, 0.6) is 0 Å². The van der Waals surface area contributed by atoms with Crippen molar-refractivity contribution in [1.29, 1.82) is 0 Å². The number of aromatic nitrogens is 5. The average Bonchev–Trinajstić information content (AvgIpc) is 2.68. The van der Waals surface area contributed by atoms with Gasteiger partial charge in [0.2, 0.25) is 5.95 Å². The Morgan fingerprint density at radius 3 is 2.70 bits per heavy atom. The van der Waals surface area contributed by atoms with Crippen LogP contribution < -0.4 is 16.0 Å². The van der Waals surface area contributed by atoms with Crippen molar-refractivity contribution in [2.24, 2.45) is 13.0 Å². The van der Waals surface area contributed by atoms with Crippen LogP contribution >= 0.6 is 0 Å². The van der Waals surface area contributed by atoms with Crippen molar-refractivity contribution in [3.05, 3.63) is 57.0 Å². The van der Waals surface area contributed by atoms with Crippen LogP contribution in [-0.4, -0.2) is 37.4 Å². The molecular formula is C19H22N6O2. The fourth-order valence-corrected chi connectivity index (χ4v) is 3.63. The third kappa shape index (κ3) is 3.34. The quantitative estimate of drug-likeness (QED) is 0.690. The molecule has 8 heteroatoms. The minimum atomic E-state index is -0.0610. The maximum atomic E-state index is 12.6. The second-order valence-corrected chi connectivity index (χ2v) is 7.09. The molecule has 0 N–H and O–H groups in total. The molecule has 1 fully saturated rings. The number of fused-ring (bicyclic) bond motifs is 1. The zero-order chi connectivity index (χ0) is 19.0. The fourth-order valence-electron chi connectivity index (χ4n) is 3.63. The summed E-state index contributed by atoms with van der Waals surface area (Å²) < 4.78 is 3.17. The zero-order valence-corrected chi connectivity index (χ0v) is 15.5. The number of aryl methyl sites for hydroxylation is 1. The van der Waals surface area contributed by atoms with Gasteiger partial charge in [0, 0.05) is 38.9 Å². The molecule has 0 amide bonds. The lowest BCUT2D eigenvalue weighted by Crippen LogP contribution is -2.40. The van der Waals surface area contributed by atoms with Gasteiger partial charge in [-0.2, -0.15) is 5.10 Å². The van der Waals surface area contributed by atoms with Crippen molar-refractivity contribution in [1.82, 2.24) is 24.3 Å². The predicted octanol–water partition coefficient (Wildman–Crippen LogP) is 1.11. The fraction of sp³-hybridized carbons (Fsp3) is 0.421. The first-order valence-corrected chi connectivity index (χ1v) is 9.13. The number of pyridine rings is 1. The SMILES string of the molecule is Cc1ccc(=O)n(CC2CCN(c3nc4cnccc4c(=O)n3C)CC2)n1. The maximum absolute atomic E-state index is 12.6. The molecule has 4 rings (SSSR count). The summed E-state index contributed by atoms with van der Waals surface area (Å²) in [5, 5.41) is 4.91. The minimum absolute atomic E-state index is 0.0602. The lowest BCUT2D eigenvalue weighted by molar-refractivity contribution is 0.331. The summed E-state index contributed by atoms with van der Waals surface area (Å²) in [5.74, 6) is 1.05. The van der Waals surface area contributed by atoms with Gasteiger partial charge < -0.3 is 4.90 Å². The lowest BCUT2D eigenvalue weighted by atomic mass is 9.97. The third-order valence-corrected chi connectivity index (χ3v) is 5.18. The van der Waals surface area contributed by atoms with Crippen molar-refractivity contribution in [3.8, 4) is 0 Å². The zero-order valence-electron chi connectivity index (χ0n) is 15.5. The molecule has 8 nitrogen and oxygen atoms in total. The first-order chi connectivity index (χ1) is 13.0. The highest BCUT2D eigenvalue weighted by atomic mass is 16.1. The Morgan fingerprint density at radius 1 is 1.15 bits per heavy atom. The highest BCUT2D eigenvalue weighted by molar-refractivity contribution is 5.77. The van der Waals surface area contributed by atoms with Crippen LogP contribution in [0, 0.1) is 12.8 Å². The molecule has 1 aliphatic rings. The lowest BCUT2D eigenvalue weighted by Gasteiger charge is -2.33. The first kappa shape index (κ1) is 17.4. The monoisotopic (exact) mass is 366 g/mol. The summed E-state index contributed by atoms with van der Waals surface area (Å²) in [7, 11) is 1.76. The van der Waals surface area contributed by atoms with Crippen LogP contribution in [0.2, 0.25) is 0 Å². The van der Waals surface area contributed by atoms with Gasteiger partial charge in [-0.3, -0.25) is 19.1 Å². The van der Waals surface area contributed by atoms with Gasteiger partial charge in [-0.15, -0.1) is 0 Å². The van der Waals surface area contributed by atoms with E-state index in [4.69, 9.17) is 0 Å². The number of anilines is 1. The largest absolute Gasteiger partial charge is 0.342 e. The van der Waals surface area contributed by atoms with Crippen LogP contribution in [0.25, 0.3) is 10.9 Å². The summed E-state index contributed by atoms with van der Waals surface area (Å²) in [6, 6.07) is 5.01. The topological polar surface area (TPSA) is 85.9 Å². The van der Waals surface area contributed by atoms with E-state index in [1.165, 1.54) is 0 Å². The molecular weight excluding hydrogens is 344 g/mol. The van der Waals surface area contributed by atoms with E-state index in [9.17, 15) is 9.59 Å². The standard InChI is InChI=1S/C19H22N6O2/c1-13-3-4-17(26)25(22-13)12-14-6-9-24(10-7-14)19-21-16-11-20-8-5-15(16)18(27)23(19)2/h3-5,8,11,14H,6-7,9-10,12H2,1-2H3. The van der Waals surface area contributed by atoms with Gasteiger partial charge in [0.1, 0.15) is 0 Å². The Hall–Kier alpha value is -3.03. The summed E-state index contributed by atoms with van der Waals surface area (Å²) in [4.78, 5) is 35.4. The second kappa shape index (κ2) is 6.94. The van der Waals surface area contributed by atoms with Gasteiger partial charge in [-0.05, 0) is 37.8 Å². The Balaban J connectivity index is 1.52. The molecule has 3 aromatic heterocycles. The molecule has 4 heterocycles. The Labute approximate surface area is 156 Å². The second-order valence-electron chi connectivity index (χ2n) is 7.09. The summed E-state index contributed by atoms with van der Waals surface area (Å²) in [6.45, 7) is 4.09. The predicted molar refractivity (Wildman–Crippen MR) is 103 cm³/mol. The van der Waals surface area contributed by atoms with E-state index in [0.29, 0.717) is 29.3 Å². The van der Waals surface area contributed by atoms with E-state index in [1.807, 2.05) is 6.92 Å². The molecule has 3 aromatic rings. The van der Waals surface area contributed by atoms with Gasteiger partial charge in [-0.1, -0.05) is 0 Å². The van der Waals surface area contributed by atoms with Crippen LogP contribution in [0.3, 0.4) is 0 Å². The van der Waals surface area contributed by atoms with Crippen LogP contribution in [0.15, 0.2) is 40.2 Å². The van der Waals surface area contributed by atoms with Gasteiger partial charge in [0.25, 0.3) is 11.1 Å². The minimum Gasteiger partial charge on any atom is -0.342 e. The van der Waals surface area contributed by atoms with Crippen LogP contribution in [0.4, 0.5) is 5.95 Å². The van der Waals surface area contributed by atoms with Crippen molar-refractivity contribution >= 4 is 16.9 Å². The highest BCUT2D eigenvalue weighted by Crippen LogP contribution is 2.23.